The van der Waals surface area contributed by atoms with Crippen molar-refractivity contribution in [3.8, 4) is 0 Å². The Balaban J connectivity index is 0.000000198. The molecule has 0 bridgehead atoms. The minimum absolute atomic E-state index is 0.0229. The molecule has 3 N–H and O–H groups in total. The van der Waals surface area contributed by atoms with E-state index in [9.17, 15) is 33.9 Å². The predicted octanol–water partition coefficient (Wildman–Crippen LogP) is 5.04. The lowest BCUT2D eigenvalue weighted by molar-refractivity contribution is 0.00620. The van der Waals surface area contributed by atoms with E-state index in [1.165, 1.54) is 46.0 Å². The molecule has 4 aromatic heterocycles. The molecule has 2 aliphatic rings. The molecule has 2 atom stereocenters. The lowest BCUT2D eigenvalue weighted by Gasteiger charge is -2.19. The maximum Gasteiger partial charge on any atom is 0.357 e. The highest BCUT2D eigenvalue weighted by molar-refractivity contribution is 5.98. The Hall–Kier alpha value is -8.16. The number of esters is 3. The first-order valence-electron chi connectivity index (χ1n) is 20.8. The van der Waals surface area contributed by atoms with Crippen LogP contribution in [0.4, 0.5) is 0 Å². The number of rotatable bonds is 12. The van der Waals surface area contributed by atoms with E-state index in [1.807, 2.05) is 26.0 Å². The minimum atomic E-state index is -1.27. The molecule has 2 aromatic carbocycles. The summed E-state index contributed by atoms with van der Waals surface area (Å²) in [4.78, 5) is 90.7. The molecule has 20 nitrogen and oxygen atoms in total. The minimum Gasteiger partial charge on any atom is -0.477 e. The molecule has 0 fully saturated rings. The molecule has 66 heavy (non-hydrogen) atoms. The average molecular weight is 899 g/mol. The number of ether oxygens (including phenoxy) is 3. The summed E-state index contributed by atoms with van der Waals surface area (Å²) in [5, 5.41) is 23.3. The van der Waals surface area contributed by atoms with E-state index in [2.05, 4.69) is 53.9 Å². The van der Waals surface area contributed by atoms with Crippen LogP contribution in [0, 0.1) is 13.8 Å². The maximum absolute atomic E-state index is 13.3. The SMILES string of the molecule is C=CCOC(=O)c1ccc2c(c1C)CC[C@@H]2NC(=O)c1cc(C(=O)O)nc2ncnn12.C=CCOC(=O)c1ccc2c(c1C)CC[C@@H]2NC(=O)c1cc(C(=O)OC(C)(C)C)nc2ncnn12. The van der Waals surface area contributed by atoms with E-state index in [0.29, 0.717) is 36.8 Å². The van der Waals surface area contributed by atoms with E-state index in [-0.39, 0.29) is 59.6 Å². The first-order chi connectivity index (χ1) is 31.5. The third-order valence-electron chi connectivity index (χ3n) is 10.9. The van der Waals surface area contributed by atoms with Gasteiger partial charge in [-0.25, -0.2) is 29.1 Å². The Morgan fingerprint density at radius 1 is 0.712 bits per heavy atom. The zero-order valence-electron chi connectivity index (χ0n) is 36.8. The average Bonchev–Trinajstić information content (AvgIpc) is 4.11. The van der Waals surface area contributed by atoms with E-state index in [1.54, 1.807) is 32.9 Å². The standard InChI is InChI=1S/C25H27N5O5.C21H19N5O5/c1-6-11-34-22(32)16-7-8-17-15(14(16)2)9-10-18(17)28-21(31)20-12-19(23(33)35-25(3,4)5)29-24-26-13-27-30(20)24;1-3-8-31-20(30)13-4-5-14-12(11(13)2)6-7-15(14)24-18(27)17-9-16(19(28)29)25-21-22-10-23-26(17)21/h6-8,12-13,18H,1,9-11H2,2-5H3,(H,28,31);3-5,9-10,15H,1,6-8H2,2H3,(H,24,27)(H,28,29)/t18-;15-/m00/s1. The second kappa shape index (κ2) is 18.9. The summed E-state index contributed by atoms with van der Waals surface area (Å²) < 4.78 is 18.2. The summed E-state index contributed by atoms with van der Waals surface area (Å²) in [6.45, 7) is 16.3. The van der Waals surface area contributed by atoms with Crippen LogP contribution in [0.2, 0.25) is 0 Å². The number of carbonyl (C=O) groups excluding carboxylic acids is 5. The Morgan fingerprint density at radius 2 is 1.15 bits per heavy atom. The van der Waals surface area contributed by atoms with Crippen LogP contribution < -0.4 is 10.6 Å². The molecule has 0 radical (unpaired) electrons. The summed E-state index contributed by atoms with van der Waals surface area (Å²) in [6, 6.07) is 9.01. The summed E-state index contributed by atoms with van der Waals surface area (Å²) in [6.07, 6.45) is 8.18. The molecule has 0 spiro atoms. The second-order valence-electron chi connectivity index (χ2n) is 16.3. The number of nitrogens with one attached hydrogen (secondary N) is 2. The zero-order valence-corrected chi connectivity index (χ0v) is 36.8. The Bertz CT molecular complexity index is 2970. The normalized spacial score (nSPS) is 14.9. The van der Waals surface area contributed by atoms with E-state index in [4.69, 9.17) is 14.2 Å². The van der Waals surface area contributed by atoms with Crippen LogP contribution in [0.15, 0.2) is 74.4 Å². The van der Waals surface area contributed by atoms with E-state index < -0.39 is 41.3 Å². The number of aromatic carboxylic acids is 1. The summed E-state index contributed by atoms with van der Waals surface area (Å²) in [7, 11) is 0. The molecular formula is C46H46N10O10. The smallest absolute Gasteiger partial charge is 0.357 e. The number of nitrogens with zero attached hydrogens (tertiary/aromatic N) is 8. The van der Waals surface area contributed by atoms with Gasteiger partial charge in [0.25, 0.3) is 23.4 Å². The van der Waals surface area contributed by atoms with Gasteiger partial charge >= 0.3 is 23.9 Å². The van der Waals surface area contributed by atoms with Gasteiger partial charge in [0.1, 0.15) is 42.9 Å². The van der Waals surface area contributed by atoms with Gasteiger partial charge in [0.15, 0.2) is 11.4 Å². The van der Waals surface area contributed by atoms with Crippen molar-refractivity contribution in [2.24, 2.45) is 0 Å². The molecule has 0 aliphatic heterocycles. The monoisotopic (exact) mass is 898 g/mol. The fourth-order valence-electron chi connectivity index (χ4n) is 7.88. The van der Waals surface area contributed by atoms with Crippen LogP contribution in [0.5, 0.6) is 0 Å². The Morgan fingerprint density at radius 3 is 1.58 bits per heavy atom. The van der Waals surface area contributed by atoms with Gasteiger partial charge in [0.2, 0.25) is 0 Å². The lowest BCUT2D eigenvalue weighted by atomic mass is 9.98. The Labute approximate surface area is 377 Å². The molecule has 6 aromatic rings. The summed E-state index contributed by atoms with van der Waals surface area (Å²) in [5.41, 5.74) is 5.58. The van der Waals surface area contributed by atoms with Crippen molar-refractivity contribution in [3.05, 3.63) is 142 Å². The highest BCUT2D eigenvalue weighted by atomic mass is 16.6. The fraction of sp³-hybridized carbons (Fsp3) is 0.304. The van der Waals surface area contributed by atoms with Crippen LogP contribution >= 0.6 is 0 Å². The number of carboxylic acids is 1. The van der Waals surface area contributed by atoms with Gasteiger partial charge in [-0.15, -0.1) is 0 Å². The third-order valence-corrected chi connectivity index (χ3v) is 10.9. The number of fused-ring (bicyclic) bond motifs is 4. The molecule has 0 saturated heterocycles. The number of hydrogen-bond donors (Lipinski definition) is 3. The molecule has 4 heterocycles. The number of aromatic nitrogens is 8. The van der Waals surface area contributed by atoms with E-state index in [0.717, 1.165) is 33.4 Å². The number of amides is 2. The van der Waals surface area contributed by atoms with Crippen molar-refractivity contribution in [2.75, 3.05) is 13.2 Å². The van der Waals surface area contributed by atoms with Crippen molar-refractivity contribution in [2.45, 2.75) is 78.0 Å². The van der Waals surface area contributed by atoms with Crippen LogP contribution in [0.3, 0.4) is 0 Å². The molecule has 340 valence electrons. The largest absolute Gasteiger partial charge is 0.477 e. The van der Waals surface area contributed by atoms with E-state index >= 15 is 0 Å². The lowest BCUT2D eigenvalue weighted by Crippen LogP contribution is -2.30. The molecule has 0 saturated carbocycles. The number of hydrogen-bond acceptors (Lipinski definition) is 15. The van der Waals surface area contributed by atoms with Gasteiger partial charge in [-0.2, -0.15) is 29.2 Å². The summed E-state index contributed by atoms with van der Waals surface area (Å²) >= 11 is 0. The van der Waals surface area contributed by atoms with Gasteiger partial charge in [-0.3, -0.25) is 9.59 Å². The molecule has 8 rings (SSSR count). The van der Waals surface area contributed by atoms with Crippen molar-refractivity contribution >= 4 is 47.2 Å². The molecular weight excluding hydrogens is 853 g/mol. The number of benzene rings is 2. The molecule has 0 unspecified atom stereocenters. The number of carboxylic acid groups (broad SMARTS) is 1. The second-order valence-corrected chi connectivity index (χ2v) is 16.3. The quantitative estimate of drug-likeness (QED) is 0.0826. The van der Waals surface area contributed by atoms with Crippen molar-refractivity contribution in [3.63, 3.8) is 0 Å². The van der Waals surface area contributed by atoms with Gasteiger partial charge in [-0.1, -0.05) is 37.4 Å². The predicted molar refractivity (Wildman–Crippen MR) is 234 cm³/mol. The zero-order chi connectivity index (χ0) is 47.4. The van der Waals surface area contributed by atoms with Crippen LogP contribution in [0.1, 0.15) is 142 Å². The fourth-order valence-corrected chi connectivity index (χ4v) is 7.88. The van der Waals surface area contributed by atoms with Gasteiger partial charge < -0.3 is 30.0 Å². The van der Waals surface area contributed by atoms with Gasteiger partial charge in [0.05, 0.1) is 23.2 Å². The molecule has 2 amide bonds. The van der Waals surface area contributed by atoms with Crippen molar-refractivity contribution < 1.29 is 48.1 Å². The van der Waals surface area contributed by atoms with Crippen LogP contribution in [-0.2, 0) is 27.1 Å². The van der Waals surface area contributed by atoms with Crippen molar-refractivity contribution in [1.82, 2.24) is 49.8 Å². The third kappa shape index (κ3) is 9.52. The van der Waals surface area contributed by atoms with Crippen molar-refractivity contribution in [1.29, 1.82) is 0 Å². The van der Waals surface area contributed by atoms with Gasteiger partial charge in [-0.05, 0) is 106 Å². The first kappa shape index (κ1) is 45.9. The number of carbonyl (C=O) groups is 6. The Kier molecular flexibility index (Phi) is 13.1. The van der Waals surface area contributed by atoms with Gasteiger partial charge in [0, 0.05) is 12.1 Å². The first-order valence-corrected chi connectivity index (χ1v) is 20.8. The molecule has 20 heteroatoms. The maximum atomic E-state index is 13.3. The topological polar surface area (TPSA) is 261 Å². The van der Waals surface area contributed by atoms with Crippen LogP contribution in [0.25, 0.3) is 11.6 Å². The highest BCUT2D eigenvalue weighted by Gasteiger charge is 2.31. The molecule has 2 aliphatic carbocycles. The van der Waals surface area contributed by atoms with Crippen LogP contribution in [-0.4, -0.2) is 98.8 Å². The highest BCUT2D eigenvalue weighted by Crippen LogP contribution is 2.36. The summed E-state index contributed by atoms with van der Waals surface area (Å²) in [5.74, 6) is -3.54.